The minimum Gasteiger partial charge on any atom is -0.271 e. The van der Waals surface area contributed by atoms with Crippen molar-refractivity contribution >= 4 is 10.0 Å². The summed E-state index contributed by atoms with van der Waals surface area (Å²) in [5.41, 5.74) is 1.19. The summed E-state index contributed by atoms with van der Waals surface area (Å²) in [5.74, 6) is 1.72. The van der Waals surface area contributed by atoms with E-state index in [0.717, 1.165) is 50.2 Å². The number of nitrogens with one attached hydrogen (secondary N) is 1. The van der Waals surface area contributed by atoms with Gasteiger partial charge in [0.2, 0.25) is 10.0 Å². The summed E-state index contributed by atoms with van der Waals surface area (Å²) in [7, 11) is -1.82. The molecule has 1 aliphatic carbocycles. The molecule has 1 spiro atoms. The van der Waals surface area contributed by atoms with Crippen molar-refractivity contribution in [3.63, 3.8) is 0 Å². The average molecular weight is 407 g/mol. The fourth-order valence-electron chi connectivity index (χ4n) is 5.12. The second-order valence-corrected chi connectivity index (χ2v) is 10.3. The van der Waals surface area contributed by atoms with Gasteiger partial charge in [0.05, 0.1) is 11.4 Å². The Morgan fingerprint density at radius 2 is 1.96 bits per heavy atom. The van der Waals surface area contributed by atoms with Crippen LogP contribution >= 0.6 is 0 Å². The fraction of sp³-hybridized carbons (Fsp3) is 0.737. The van der Waals surface area contributed by atoms with E-state index in [2.05, 4.69) is 22.2 Å². The van der Waals surface area contributed by atoms with E-state index in [1.807, 2.05) is 6.92 Å². The standard InChI is InChI=1S/C19H30N6O2S/c1-5-8-16-20-18(22-21-16)15-11-25(12-19(15)9-6-7-10-19)28(26,27)17-13(2)23-24(4)14(17)3/h15H,5-12H2,1-4H3,(H,20,21,22). The molecule has 28 heavy (non-hydrogen) atoms. The highest BCUT2D eigenvalue weighted by Crippen LogP contribution is 2.53. The molecule has 1 unspecified atom stereocenters. The third kappa shape index (κ3) is 2.99. The van der Waals surface area contributed by atoms with Gasteiger partial charge < -0.3 is 0 Å². The molecule has 154 valence electrons. The molecular weight excluding hydrogens is 376 g/mol. The topological polar surface area (TPSA) is 96.8 Å². The number of aromatic nitrogens is 5. The van der Waals surface area contributed by atoms with Gasteiger partial charge in [0.25, 0.3) is 0 Å². The first kappa shape index (κ1) is 19.6. The van der Waals surface area contributed by atoms with Crippen LogP contribution < -0.4 is 0 Å². The normalized spacial score (nSPS) is 22.5. The van der Waals surface area contributed by atoms with E-state index in [9.17, 15) is 8.42 Å². The number of sulfonamides is 1. The third-order valence-corrected chi connectivity index (χ3v) is 8.67. The van der Waals surface area contributed by atoms with Crippen molar-refractivity contribution in [1.82, 2.24) is 29.3 Å². The predicted molar refractivity (Wildman–Crippen MR) is 105 cm³/mol. The molecular formula is C19H30N6O2S. The van der Waals surface area contributed by atoms with E-state index in [1.54, 1.807) is 23.0 Å². The highest BCUT2D eigenvalue weighted by molar-refractivity contribution is 7.89. The van der Waals surface area contributed by atoms with Crippen LogP contribution in [0, 0.1) is 19.3 Å². The Balaban J connectivity index is 1.70. The fourth-order valence-corrected chi connectivity index (χ4v) is 7.07. The molecule has 1 atom stereocenters. The highest BCUT2D eigenvalue weighted by Gasteiger charge is 2.53. The summed E-state index contributed by atoms with van der Waals surface area (Å²) in [6.45, 7) is 6.69. The molecule has 9 heteroatoms. The molecule has 2 aromatic rings. The summed E-state index contributed by atoms with van der Waals surface area (Å²) in [5, 5.41) is 11.9. The Morgan fingerprint density at radius 3 is 2.57 bits per heavy atom. The van der Waals surface area contributed by atoms with Crippen molar-refractivity contribution in [2.45, 2.75) is 70.1 Å². The maximum Gasteiger partial charge on any atom is 0.246 e. The highest BCUT2D eigenvalue weighted by atomic mass is 32.2. The molecule has 1 N–H and O–H groups in total. The van der Waals surface area contributed by atoms with Crippen LogP contribution in [0.2, 0.25) is 0 Å². The van der Waals surface area contributed by atoms with Gasteiger partial charge in [0.1, 0.15) is 10.7 Å². The molecule has 0 aromatic carbocycles. The lowest BCUT2D eigenvalue weighted by Crippen LogP contribution is -2.32. The van der Waals surface area contributed by atoms with Crippen molar-refractivity contribution in [2.75, 3.05) is 13.1 Å². The van der Waals surface area contributed by atoms with Gasteiger partial charge in [-0.1, -0.05) is 19.8 Å². The van der Waals surface area contributed by atoms with Gasteiger partial charge in [0.15, 0.2) is 5.82 Å². The summed E-state index contributed by atoms with van der Waals surface area (Å²) in [6.07, 6.45) is 6.22. The number of hydrogen-bond donors (Lipinski definition) is 1. The lowest BCUT2D eigenvalue weighted by molar-refractivity contribution is 0.277. The van der Waals surface area contributed by atoms with Gasteiger partial charge in [-0.2, -0.15) is 14.5 Å². The molecule has 0 amide bonds. The lowest BCUT2D eigenvalue weighted by atomic mass is 9.76. The predicted octanol–water partition coefficient (Wildman–Crippen LogP) is 2.46. The van der Waals surface area contributed by atoms with Gasteiger partial charge >= 0.3 is 0 Å². The average Bonchev–Trinajstić information content (AvgIpc) is 3.39. The largest absolute Gasteiger partial charge is 0.271 e. The van der Waals surface area contributed by atoms with Gasteiger partial charge in [-0.15, -0.1) is 0 Å². The molecule has 2 aromatic heterocycles. The Hall–Kier alpha value is -1.74. The maximum absolute atomic E-state index is 13.5. The molecule has 1 saturated heterocycles. The van der Waals surface area contributed by atoms with E-state index in [-0.39, 0.29) is 11.3 Å². The van der Waals surface area contributed by atoms with Gasteiger partial charge in [-0.05, 0) is 38.5 Å². The number of aromatic amines is 1. The number of hydrogen-bond acceptors (Lipinski definition) is 5. The molecule has 0 bridgehead atoms. The summed E-state index contributed by atoms with van der Waals surface area (Å²) < 4.78 is 30.4. The van der Waals surface area contributed by atoms with E-state index in [1.165, 1.54) is 0 Å². The van der Waals surface area contributed by atoms with Crippen LogP contribution in [-0.2, 0) is 23.5 Å². The zero-order chi connectivity index (χ0) is 20.1. The van der Waals surface area contributed by atoms with Crippen molar-refractivity contribution < 1.29 is 8.42 Å². The van der Waals surface area contributed by atoms with Gasteiger partial charge in [-0.25, -0.2) is 13.4 Å². The zero-order valence-electron chi connectivity index (χ0n) is 17.2. The van der Waals surface area contributed by atoms with E-state index < -0.39 is 10.0 Å². The Labute approximate surface area is 166 Å². The zero-order valence-corrected chi connectivity index (χ0v) is 18.0. The van der Waals surface area contributed by atoms with Crippen LogP contribution in [0.3, 0.4) is 0 Å². The lowest BCUT2D eigenvalue weighted by Gasteiger charge is -2.28. The number of rotatable bonds is 5. The first-order valence-electron chi connectivity index (χ1n) is 10.2. The van der Waals surface area contributed by atoms with Crippen molar-refractivity contribution in [3.8, 4) is 0 Å². The van der Waals surface area contributed by atoms with Crippen LogP contribution in [-0.4, -0.2) is 50.8 Å². The minimum atomic E-state index is -3.60. The molecule has 4 rings (SSSR count). The number of aryl methyl sites for hydroxylation is 3. The van der Waals surface area contributed by atoms with E-state index >= 15 is 0 Å². The Kier molecular flexibility index (Phi) is 4.86. The molecule has 1 aliphatic heterocycles. The summed E-state index contributed by atoms with van der Waals surface area (Å²) in [6, 6.07) is 0. The molecule has 3 heterocycles. The monoisotopic (exact) mass is 406 g/mol. The Bertz CT molecular complexity index is 971. The number of nitrogens with zero attached hydrogens (tertiary/aromatic N) is 5. The molecule has 8 nitrogen and oxygen atoms in total. The van der Waals surface area contributed by atoms with Gasteiger partial charge in [0, 0.05) is 32.5 Å². The quantitative estimate of drug-likeness (QED) is 0.823. The molecule has 0 radical (unpaired) electrons. The second kappa shape index (κ2) is 6.95. The van der Waals surface area contributed by atoms with E-state index in [4.69, 9.17) is 4.98 Å². The second-order valence-electron chi connectivity index (χ2n) is 8.43. The van der Waals surface area contributed by atoms with E-state index in [0.29, 0.717) is 29.4 Å². The molecule has 1 saturated carbocycles. The van der Waals surface area contributed by atoms with Gasteiger partial charge in [-0.3, -0.25) is 9.78 Å². The minimum absolute atomic E-state index is 0.0453. The first-order valence-corrected chi connectivity index (χ1v) is 11.6. The molecule has 2 fully saturated rings. The SMILES string of the molecule is CCCc1nc(C2CN(S(=O)(=O)c3c(C)nn(C)c3C)CC23CCCC3)n[nH]1. The van der Waals surface area contributed by atoms with Crippen molar-refractivity contribution in [3.05, 3.63) is 23.0 Å². The summed E-state index contributed by atoms with van der Waals surface area (Å²) in [4.78, 5) is 5.08. The smallest absolute Gasteiger partial charge is 0.246 e. The number of H-pyrrole nitrogens is 1. The Morgan fingerprint density at radius 1 is 1.25 bits per heavy atom. The first-order chi connectivity index (χ1) is 13.3. The van der Waals surface area contributed by atoms with Crippen LogP contribution in [0.5, 0.6) is 0 Å². The third-order valence-electron chi connectivity index (χ3n) is 6.60. The molecule has 2 aliphatic rings. The maximum atomic E-state index is 13.5. The van der Waals surface area contributed by atoms with Crippen LogP contribution in [0.1, 0.15) is 68.0 Å². The van der Waals surface area contributed by atoms with Crippen LogP contribution in [0.4, 0.5) is 0 Å². The summed E-state index contributed by atoms with van der Waals surface area (Å²) >= 11 is 0. The van der Waals surface area contributed by atoms with Crippen LogP contribution in [0.25, 0.3) is 0 Å². The van der Waals surface area contributed by atoms with Crippen molar-refractivity contribution in [1.29, 1.82) is 0 Å². The van der Waals surface area contributed by atoms with Crippen LogP contribution in [0.15, 0.2) is 4.90 Å². The van der Waals surface area contributed by atoms with Crippen molar-refractivity contribution in [2.24, 2.45) is 12.5 Å².